The molecule has 0 aliphatic heterocycles. The van der Waals surface area contributed by atoms with Gasteiger partial charge >= 0.3 is 11.8 Å². The van der Waals surface area contributed by atoms with Crippen molar-refractivity contribution in [1.29, 1.82) is 0 Å². The molecule has 1 heterocycles. The average molecular weight is 427 g/mol. The Bertz CT molecular complexity index is 1150. The van der Waals surface area contributed by atoms with Gasteiger partial charge in [0.05, 0.1) is 11.9 Å². The summed E-state index contributed by atoms with van der Waals surface area (Å²) < 4.78 is 15.9. The molecule has 0 aliphatic carbocycles. The molecule has 1 aromatic heterocycles. The molecule has 3 rings (SSSR count). The number of anilines is 1. The number of hydrogen-bond acceptors (Lipinski definition) is 3. The minimum Gasteiger partial charge on any atom is -0.317 e. The number of amides is 2. The predicted molar refractivity (Wildman–Crippen MR) is 116 cm³/mol. The third-order valence-electron chi connectivity index (χ3n) is 4.58. The van der Waals surface area contributed by atoms with Gasteiger partial charge in [0, 0.05) is 27.7 Å². The van der Waals surface area contributed by atoms with Crippen molar-refractivity contribution in [2.24, 2.45) is 5.10 Å². The minimum absolute atomic E-state index is 0.342. The van der Waals surface area contributed by atoms with Gasteiger partial charge in [-0.25, -0.2) is 9.82 Å². The summed E-state index contributed by atoms with van der Waals surface area (Å²) in [6.45, 7) is 5.43. The highest BCUT2D eigenvalue weighted by Crippen LogP contribution is 2.22. The molecule has 30 heavy (non-hydrogen) atoms. The lowest BCUT2D eigenvalue weighted by molar-refractivity contribution is -0.136. The Morgan fingerprint density at radius 2 is 1.80 bits per heavy atom. The molecule has 2 amide bonds. The number of carbonyl (C=O) groups excluding carboxylic acids is 2. The summed E-state index contributed by atoms with van der Waals surface area (Å²) in [7, 11) is 0. The highest BCUT2D eigenvalue weighted by atomic mass is 35.5. The maximum Gasteiger partial charge on any atom is 0.329 e. The molecule has 0 radical (unpaired) electrons. The number of hydrogen-bond donors (Lipinski definition) is 2. The van der Waals surface area contributed by atoms with E-state index >= 15 is 0 Å². The van der Waals surface area contributed by atoms with Crippen LogP contribution in [0.1, 0.15) is 22.5 Å². The number of para-hydroxylation sites is 1. The van der Waals surface area contributed by atoms with E-state index in [9.17, 15) is 14.0 Å². The second-order valence-corrected chi connectivity index (χ2v) is 7.16. The van der Waals surface area contributed by atoms with Crippen molar-refractivity contribution in [3.63, 3.8) is 0 Å². The summed E-state index contributed by atoms with van der Waals surface area (Å²) >= 11 is 5.88. The van der Waals surface area contributed by atoms with Crippen LogP contribution in [0.3, 0.4) is 0 Å². The monoisotopic (exact) mass is 426 g/mol. The molecule has 0 saturated carbocycles. The van der Waals surface area contributed by atoms with Gasteiger partial charge in [0.15, 0.2) is 0 Å². The van der Waals surface area contributed by atoms with Gasteiger partial charge in [-0.3, -0.25) is 9.59 Å². The third kappa shape index (κ3) is 4.58. The van der Waals surface area contributed by atoms with Crippen molar-refractivity contribution < 1.29 is 14.0 Å². The fourth-order valence-corrected chi connectivity index (χ4v) is 3.31. The van der Waals surface area contributed by atoms with Crippen molar-refractivity contribution in [3.05, 3.63) is 81.9 Å². The lowest BCUT2D eigenvalue weighted by Gasteiger charge is -2.10. The van der Waals surface area contributed by atoms with Crippen LogP contribution < -0.4 is 10.7 Å². The molecular formula is C22H20ClFN4O2. The van der Waals surface area contributed by atoms with E-state index in [1.807, 2.05) is 19.9 Å². The zero-order valence-electron chi connectivity index (χ0n) is 16.7. The quantitative estimate of drug-likeness (QED) is 0.371. The van der Waals surface area contributed by atoms with E-state index < -0.39 is 11.8 Å². The van der Waals surface area contributed by atoms with E-state index in [0.717, 1.165) is 17.0 Å². The molecule has 0 spiro atoms. The number of benzene rings is 2. The summed E-state index contributed by atoms with van der Waals surface area (Å²) in [6.07, 6.45) is 1.42. The van der Waals surface area contributed by atoms with Crippen LogP contribution in [0.4, 0.5) is 10.1 Å². The fraction of sp³-hybridized carbons (Fsp3) is 0.136. The van der Waals surface area contributed by atoms with Crippen molar-refractivity contribution in [1.82, 2.24) is 9.99 Å². The second kappa shape index (κ2) is 8.92. The number of nitrogens with one attached hydrogen (secondary N) is 2. The van der Waals surface area contributed by atoms with Crippen molar-refractivity contribution >= 4 is 35.3 Å². The molecule has 2 N–H and O–H groups in total. The fourth-order valence-electron chi connectivity index (χ4n) is 3.08. The SMILES string of the molecule is Cc1cc(Cl)ccc1NC(=O)C(=O)N/N=C\c1cc(C)n(-c2ccccc2F)c1C. The maximum atomic E-state index is 14.2. The van der Waals surface area contributed by atoms with Gasteiger partial charge in [-0.15, -0.1) is 0 Å². The summed E-state index contributed by atoms with van der Waals surface area (Å²) in [6, 6.07) is 13.2. The molecule has 3 aromatic rings. The molecule has 0 bridgehead atoms. The first kappa shape index (κ1) is 21.3. The number of hydrazone groups is 1. The second-order valence-electron chi connectivity index (χ2n) is 6.73. The van der Waals surface area contributed by atoms with Gasteiger partial charge in [0.1, 0.15) is 5.82 Å². The van der Waals surface area contributed by atoms with Gasteiger partial charge in [-0.1, -0.05) is 23.7 Å². The normalized spacial score (nSPS) is 11.0. The summed E-state index contributed by atoms with van der Waals surface area (Å²) in [5.41, 5.74) is 6.07. The summed E-state index contributed by atoms with van der Waals surface area (Å²) in [5.74, 6) is -2.11. The average Bonchev–Trinajstić information content (AvgIpc) is 2.97. The molecular weight excluding hydrogens is 407 g/mol. The van der Waals surface area contributed by atoms with Crippen LogP contribution in [0.15, 0.2) is 53.6 Å². The molecule has 8 heteroatoms. The first-order valence-electron chi connectivity index (χ1n) is 9.12. The molecule has 0 unspecified atom stereocenters. The topological polar surface area (TPSA) is 75.5 Å². The number of rotatable bonds is 4. The molecule has 0 atom stereocenters. The number of nitrogens with zero attached hydrogens (tertiary/aromatic N) is 2. The van der Waals surface area contributed by atoms with Crippen LogP contribution >= 0.6 is 11.6 Å². The number of aromatic nitrogens is 1. The maximum absolute atomic E-state index is 14.2. The predicted octanol–water partition coefficient (Wildman–Crippen LogP) is 4.28. The van der Waals surface area contributed by atoms with Crippen LogP contribution in [-0.2, 0) is 9.59 Å². The third-order valence-corrected chi connectivity index (χ3v) is 4.81. The molecule has 0 saturated heterocycles. The standard InChI is InChI=1S/C22H20ClFN4O2/c1-13-10-17(23)8-9-19(13)26-21(29)22(30)27-25-12-16-11-14(2)28(15(16)3)20-7-5-4-6-18(20)24/h4-12H,1-3H3,(H,26,29)(H,27,30)/b25-12-. The van der Waals surface area contributed by atoms with Gasteiger partial charge < -0.3 is 9.88 Å². The van der Waals surface area contributed by atoms with Crippen LogP contribution in [0, 0.1) is 26.6 Å². The zero-order chi connectivity index (χ0) is 21.8. The van der Waals surface area contributed by atoms with Gasteiger partial charge in [-0.2, -0.15) is 5.10 Å². The number of aryl methyl sites for hydroxylation is 2. The summed E-state index contributed by atoms with van der Waals surface area (Å²) in [4.78, 5) is 24.1. The van der Waals surface area contributed by atoms with Gasteiger partial charge in [0.2, 0.25) is 0 Å². The molecule has 0 aliphatic rings. The molecule has 2 aromatic carbocycles. The largest absolute Gasteiger partial charge is 0.329 e. The zero-order valence-corrected chi connectivity index (χ0v) is 17.4. The smallest absolute Gasteiger partial charge is 0.317 e. The Hall–Kier alpha value is -3.45. The van der Waals surface area contributed by atoms with Crippen molar-refractivity contribution in [2.45, 2.75) is 20.8 Å². The summed E-state index contributed by atoms with van der Waals surface area (Å²) in [5, 5.41) is 6.90. The Labute approximate surface area is 178 Å². The Kier molecular flexibility index (Phi) is 6.32. The number of halogens is 2. The molecule has 6 nitrogen and oxygen atoms in total. The van der Waals surface area contributed by atoms with E-state index in [4.69, 9.17) is 11.6 Å². The van der Waals surface area contributed by atoms with E-state index in [-0.39, 0.29) is 5.82 Å². The van der Waals surface area contributed by atoms with Crippen LogP contribution in [0.25, 0.3) is 5.69 Å². The van der Waals surface area contributed by atoms with E-state index in [2.05, 4.69) is 15.8 Å². The first-order chi connectivity index (χ1) is 14.3. The van der Waals surface area contributed by atoms with E-state index in [1.54, 1.807) is 47.9 Å². The van der Waals surface area contributed by atoms with Gasteiger partial charge in [-0.05, 0) is 62.7 Å². The minimum atomic E-state index is -0.913. The molecule has 0 fully saturated rings. The van der Waals surface area contributed by atoms with Crippen LogP contribution in [-0.4, -0.2) is 22.6 Å². The highest BCUT2D eigenvalue weighted by Gasteiger charge is 2.15. The van der Waals surface area contributed by atoms with Crippen molar-refractivity contribution in [2.75, 3.05) is 5.32 Å². The van der Waals surface area contributed by atoms with Gasteiger partial charge in [0.25, 0.3) is 0 Å². The molecule has 154 valence electrons. The van der Waals surface area contributed by atoms with Crippen LogP contribution in [0.2, 0.25) is 5.02 Å². The Balaban J connectivity index is 1.69. The number of carbonyl (C=O) groups is 2. The lowest BCUT2D eigenvalue weighted by atomic mass is 10.2. The Morgan fingerprint density at radius 3 is 2.50 bits per heavy atom. The Morgan fingerprint density at radius 1 is 1.07 bits per heavy atom. The lowest BCUT2D eigenvalue weighted by Crippen LogP contribution is -2.32. The highest BCUT2D eigenvalue weighted by molar-refractivity contribution is 6.39. The van der Waals surface area contributed by atoms with E-state index in [0.29, 0.717) is 22.0 Å². The van der Waals surface area contributed by atoms with Crippen molar-refractivity contribution in [3.8, 4) is 5.69 Å². The first-order valence-corrected chi connectivity index (χ1v) is 9.50. The van der Waals surface area contributed by atoms with E-state index in [1.165, 1.54) is 12.3 Å². The van der Waals surface area contributed by atoms with Crippen LogP contribution in [0.5, 0.6) is 0 Å².